The maximum Gasteiger partial charge on any atom is 0.256 e. The first kappa shape index (κ1) is 32.5. The summed E-state index contributed by atoms with van der Waals surface area (Å²) in [4.78, 5) is 23.8. The first-order chi connectivity index (χ1) is 23.5. The van der Waals surface area contributed by atoms with Gasteiger partial charge in [0.1, 0.15) is 29.1 Å². The van der Waals surface area contributed by atoms with Crippen LogP contribution in [0.5, 0.6) is 11.5 Å². The van der Waals surface area contributed by atoms with Gasteiger partial charge >= 0.3 is 0 Å². The summed E-state index contributed by atoms with van der Waals surface area (Å²) in [5.74, 6) is 2.45. The van der Waals surface area contributed by atoms with Crippen LogP contribution in [0.25, 0.3) is 0 Å². The Morgan fingerprint density at radius 2 is 1.40 bits per heavy atom. The average molecular weight is 646 g/mol. The van der Waals surface area contributed by atoms with Crippen molar-refractivity contribution in [1.82, 2.24) is 9.97 Å². The van der Waals surface area contributed by atoms with Gasteiger partial charge in [-0.25, -0.2) is 9.97 Å². The number of carbonyl (C=O) groups is 1. The van der Waals surface area contributed by atoms with Crippen molar-refractivity contribution in [2.24, 2.45) is 0 Å². The predicted molar refractivity (Wildman–Crippen MR) is 186 cm³/mol. The second-order valence-electron chi connectivity index (χ2n) is 11.3. The second kappa shape index (κ2) is 15.0. The number of methoxy groups -OCH3 is 3. The van der Waals surface area contributed by atoms with Crippen LogP contribution in [0.4, 0.5) is 17.3 Å². The maximum absolute atomic E-state index is 12.8. The number of anilines is 3. The van der Waals surface area contributed by atoms with E-state index in [0.717, 1.165) is 34.0 Å². The lowest BCUT2D eigenvalue weighted by Crippen LogP contribution is -2.37. The molecule has 1 aliphatic heterocycles. The summed E-state index contributed by atoms with van der Waals surface area (Å²) in [6.45, 7) is 1.46. The van der Waals surface area contributed by atoms with Crippen molar-refractivity contribution in [2.45, 2.75) is 18.1 Å². The number of benzene rings is 4. The number of amides is 1. The molecular weight excluding hydrogens is 606 g/mol. The van der Waals surface area contributed by atoms with Gasteiger partial charge in [0.15, 0.2) is 11.6 Å². The van der Waals surface area contributed by atoms with E-state index in [0.29, 0.717) is 43.3 Å². The SMILES string of the molecule is COc1ccc(C(OCC(CCN2CNc3c(NC(=O)c4ccccc4)ncnc32)OC)(c2ccccc2)c2ccc(OC)cc2)cc1. The van der Waals surface area contributed by atoms with Crippen molar-refractivity contribution in [2.75, 3.05) is 56.7 Å². The molecule has 2 N–H and O–H groups in total. The summed E-state index contributed by atoms with van der Waals surface area (Å²) in [5, 5.41) is 6.26. The zero-order valence-electron chi connectivity index (χ0n) is 27.3. The van der Waals surface area contributed by atoms with E-state index in [2.05, 4.69) is 37.6 Å². The Kier molecular flexibility index (Phi) is 10.1. The molecule has 2 heterocycles. The second-order valence-corrected chi connectivity index (χ2v) is 11.3. The first-order valence-electron chi connectivity index (χ1n) is 15.8. The van der Waals surface area contributed by atoms with E-state index in [9.17, 15) is 4.79 Å². The minimum Gasteiger partial charge on any atom is -0.497 e. The zero-order valence-corrected chi connectivity index (χ0v) is 27.3. The molecule has 0 bridgehead atoms. The molecule has 1 atom stereocenters. The summed E-state index contributed by atoms with van der Waals surface area (Å²) < 4.78 is 24.0. The van der Waals surface area contributed by atoms with Gasteiger partial charge in [0.25, 0.3) is 5.91 Å². The summed E-state index contributed by atoms with van der Waals surface area (Å²) in [5.41, 5.74) is 3.18. The monoisotopic (exact) mass is 645 g/mol. The molecule has 0 saturated heterocycles. The molecule has 10 heteroatoms. The topological polar surface area (TPSA) is 107 Å². The molecule has 1 aliphatic rings. The lowest BCUT2D eigenvalue weighted by Gasteiger charge is -2.37. The van der Waals surface area contributed by atoms with Crippen LogP contribution in [0.2, 0.25) is 0 Å². The van der Waals surface area contributed by atoms with Gasteiger partial charge in [-0.3, -0.25) is 4.79 Å². The van der Waals surface area contributed by atoms with Crippen molar-refractivity contribution in [3.63, 3.8) is 0 Å². The minimum absolute atomic E-state index is 0.232. The molecule has 1 amide bonds. The molecule has 0 aliphatic carbocycles. The molecule has 0 saturated carbocycles. The number of nitrogens with zero attached hydrogens (tertiary/aromatic N) is 3. The maximum atomic E-state index is 12.8. The zero-order chi connectivity index (χ0) is 33.3. The molecule has 4 aromatic carbocycles. The van der Waals surface area contributed by atoms with Crippen molar-refractivity contribution >= 4 is 23.2 Å². The van der Waals surface area contributed by atoms with E-state index in [1.54, 1.807) is 33.5 Å². The number of nitrogens with one attached hydrogen (secondary N) is 2. The molecule has 246 valence electrons. The van der Waals surface area contributed by atoms with Gasteiger partial charge in [0.05, 0.1) is 33.6 Å². The molecule has 0 spiro atoms. The van der Waals surface area contributed by atoms with Gasteiger partial charge < -0.3 is 34.5 Å². The number of hydrogen-bond donors (Lipinski definition) is 2. The Balaban J connectivity index is 1.23. The third-order valence-electron chi connectivity index (χ3n) is 8.55. The van der Waals surface area contributed by atoms with Gasteiger partial charge in [-0.1, -0.05) is 72.8 Å². The van der Waals surface area contributed by atoms with Crippen LogP contribution in [0, 0.1) is 0 Å². The van der Waals surface area contributed by atoms with Gasteiger partial charge in [-0.15, -0.1) is 0 Å². The molecule has 1 unspecified atom stereocenters. The number of hydrogen-bond acceptors (Lipinski definition) is 9. The fourth-order valence-electron chi connectivity index (χ4n) is 5.94. The van der Waals surface area contributed by atoms with Crippen LogP contribution in [-0.2, 0) is 15.1 Å². The summed E-state index contributed by atoms with van der Waals surface area (Å²) in [6, 6.07) is 35.2. The Labute approximate surface area is 280 Å². The molecule has 10 nitrogen and oxygen atoms in total. The average Bonchev–Trinajstić information content (AvgIpc) is 3.58. The van der Waals surface area contributed by atoms with Crippen molar-refractivity contribution < 1.29 is 23.7 Å². The highest BCUT2D eigenvalue weighted by Crippen LogP contribution is 2.42. The molecule has 0 fully saturated rings. The molecule has 6 rings (SSSR count). The first-order valence-corrected chi connectivity index (χ1v) is 15.8. The van der Waals surface area contributed by atoms with Crippen LogP contribution in [0.1, 0.15) is 33.5 Å². The summed E-state index contributed by atoms with van der Waals surface area (Å²) in [6.07, 6.45) is 1.88. The largest absolute Gasteiger partial charge is 0.497 e. The van der Waals surface area contributed by atoms with Gasteiger partial charge in [0, 0.05) is 19.2 Å². The van der Waals surface area contributed by atoms with E-state index >= 15 is 0 Å². The number of aromatic nitrogens is 2. The van der Waals surface area contributed by atoms with Crippen LogP contribution >= 0.6 is 0 Å². The third-order valence-corrected chi connectivity index (χ3v) is 8.55. The predicted octanol–water partition coefficient (Wildman–Crippen LogP) is 6.35. The van der Waals surface area contributed by atoms with E-state index in [1.165, 1.54) is 6.33 Å². The van der Waals surface area contributed by atoms with Gasteiger partial charge in [-0.2, -0.15) is 0 Å². The highest BCUT2D eigenvalue weighted by atomic mass is 16.5. The number of fused-ring (bicyclic) bond motifs is 1. The lowest BCUT2D eigenvalue weighted by molar-refractivity contribution is -0.0531. The van der Waals surface area contributed by atoms with Crippen molar-refractivity contribution in [1.29, 1.82) is 0 Å². The molecular formula is C38H39N5O5. The third kappa shape index (κ3) is 6.80. The van der Waals surface area contributed by atoms with E-state index in [1.807, 2.05) is 84.9 Å². The molecule has 5 aromatic rings. The van der Waals surface area contributed by atoms with Gasteiger partial charge in [0.2, 0.25) is 0 Å². The smallest absolute Gasteiger partial charge is 0.256 e. The number of ether oxygens (including phenoxy) is 4. The number of carbonyl (C=O) groups excluding carboxylic acids is 1. The van der Waals surface area contributed by atoms with Crippen molar-refractivity contribution in [3.05, 3.63) is 138 Å². The normalized spacial score (nSPS) is 12.9. The quantitative estimate of drug-likeness (QED) is 0.134. The standard InChI is InChI=1S/C38H39N5O5/c1-45-31-18-14-29(15-19-31)38(28-12-8-5-9-13-28,30-16-20-32(46-2)21-17-30)48-24-33(47-3)22-23-43-26-41-34-35(39-25-40-36(34)43)42-37(44)27-10-6-4-7-11-27/h4-21,25,33,41H,22-24,26H2,1-3H3,(H,39,40,42,44). The molecule has 48 heavy (non-hydrogen) atoms. The Morgan fingerprint density at radius 3 is 1.98 bits per heavy atom. The Morgan fingerprint density at radius 1 is 0.812 bits per heavy atom. The Bertz CT molecular complexity index is 1740. The van der Waals surface area contributed by atoms with Crippen LogP contribution < -0.4 is 25.0 Å². The lowest BCUT2D eigenvalue weighted by atomic mass is 9.80. The minimum atomic E-state index is -0.947. The van der Waals surface area contributed by atoms with Gasteiger partial charge in [-0.05, 0) is 59.5 Å². The summed E-state index contributed by atoms with van der Waals surface area (Å²) >= 11 is 0. The van der Waals surface area contributed by atoms with E-state index in [4.69, 9.17) is 18.9 Å². The number of rotatable bonds is 14. The van der Waals surface area contributed by atoms with Crippen molar-refractivity contribution in [3.8, 4) is 11.5 Å². The molecule has 0 radical (unpaired) electrons. The fraction of sp³-hybridized carbons (Fsp3) is 0.237. The van der Waals surface area contributed by atoms with Crippen LogP contribution in [-0.4, -0.2) is 63.1 Å². The highest BCUT2D eigenvalue weighted by molar-refractivity contribution is 6.06. The molecule has 1 aromatic heterocycles. The van der Waals surface area contributed by atoms with E-state index in [-0.39, 0.29) is 12.0 Å². The highest BCUT2D eigenvalue weighted by Gasteiger charge is 2.38. The Hall–Kier alpha value is -5.45. The van der Waals surface area contributed by atoms with E-state index < -0.39 is 5.60 Å². The van der Waals surface area contributed by atoms with Crippen LogP contribution in [0.3, 0.4) is 0 Å². The fourth-order valence-corrected chi connectivity index (χ4v) is 5.94. The van der Waals surface area contributed by atoms with Crippen LogP contribution in [0.15, 0.2) is 116 Å². The summed E-state index contributed by atoms with van der Waals surface area (Å²) in [7, 11) is 5.02.